The van der Waals surface area contributed by atoms with E-state index >= 15 is 0 Å². The molecule has 0 aliphatic carbocycles. The van der Waals surface area contributed by atoms with E-state index in [4.69, 9.17) is 37.0 Å². The smallest absolute Gasteiger partial charge is 0.462 e. The molecule has 0 rings (SSSR count). The topological polar surface area (TPSA) is 237 Å². The number of rotatable bonds is 80. The quantitative estimate of drug-likeness (QED) is 0.0169. The Morgan fingerprint density at radius 3 is 0.812 bits per heavy atom. The molecule has 0 heterocycles. The number of ether oxygens (including phenoxy) is 4. The molecule has 0 amide bonds. The molecule has 0 spiro atoms. The summed E-state index contributed by atoms with van der Waals surface area (Å²) in [5, 5.41) is 10.6. The maximum absolute atomic E-state index is 13.1. The lowest BCUT2D eigenvalue weighted by Crippen LogP contribution is -2.30. The second-order valence-corrected chi connectivity index (χ2v) is 32.2. The van der Waals surface area contributed by atoms with E-state index < -0.39 is 97.5 Å². The van der Waals surface area contributed by atoms with Gasteiger partial charge in [-0.2, -0.15) is 0 Å². The number of unbranched alkanes of at least 4 members (excludes halogenated alkanes) is 49. The van der Waals surface area contributed by atoms with Crippen LogP contribution < -0.4 is 0 Å². The van der Waals surface area contributed by atoms with Crippen molar-refractivity contribution in [2.45, 2.75) is 432 Å². The third kappa shape index (κ3) is 75.6. The average molecular weight is 1480 g/mol. The van der Waals surface area contributed by atoms with Gasteiger partial charge in [-0.1, -0.05) is 361 Å². The van der Waals surface area contributed by atoms with Crippen molar-refractivity contribution < 1.29 is 80.2 Å². The Hall–Kier alpha value is -2.46. The van der Waals surface area contributed by atoms with Crippen LogP contribution >= 0.6 is 15.6 Å². The summed E-state index contributed by atoms with van der Waals surface area (Å²) < 4.78 is 68.7. The van der Waals surface area contributed by atoms with Crippen molar-refractivity contribution in [3.05, 3.63) is 24.3 Å². The molecule has 5 atom stereocenters. The number of phosphoric ester groups is 2. The first kappa shape index (κ1) is 98.5. The summed E-state index contributed by atoms with van der Waals surface area (Å²) in [7, 11) is -9.93. The molecule has 0 aliphatic rings. The van der Waals surface area contributed by atoms with Crippen molar-refractivity contribution in [3.8, 4) is 0 Å². The van der Waals surface area contributed by atoms with Crippen LogP contribution in [0.3, 0.4) is 0 Å². The summed E-state index contributed by atoms with van der Waals surface area (Å²) in [4.78, 5) is 73.0. The Morgan fingerprint density at radius 2 is 0.535 bits per heavy atom. The van der Waals surface area contributed by atoms with Gasteiger partial charge in [0, 0.05) is 25.7 Å². The van der Waals surface area contributed by atoms with Crippen molar-refractivity contribution in [3.63, 3.8) is 0 Å². The molecule has 0 bridgehead atoms. The number of carbonyl (C=O) groups excluding carboxylic acids is 4. The van der Waals surface area contributed by atoms with Gasteiger partial charge in [-0.3, -0.25) is 37.3 Å². The second kappa shape index (κ2) is 74.4. The lowest BCUT2D eigenvalue weighted by molar-refractivity contribution is -0.161. The first-order valence-electron chi connectivity index (χ1n) is 42.0. The first-order valence-corrected chi connectivity index (χ1v) is 44.9. The molecule has 0 aromatic carbocycles. The van der Waals surface area contributed by atoms with E-state index in [9.17, 15) is 43.2 Å². The van der Waals surface area contributed by atoms with E-state index in [0.717, 1.165) is 109 Å². The van der Waals surface area contributed by atoms with Crippen LogP contribution in [0.15, 0.2) is 24.3 Å². The standard InChI is InChI=1S/C82H156O17P2/c1-6-9-12-15-18-21-24-27-30-32-33-35-38-41-44-47-52-58-63-68-81(86)98-77(71-92-79(84)65-60-55-50-45-42-39-37-34-31-28-25-22-19-16-13-10-7-2)73-96-100(88,89)94-69-76(83)70-95-101(90,91)97-74-78(72-93-80(85)66-61-56-53-48-49-54-59-64-75(4)5)99-82(87)67-62-57-51-46-43-40-36-29-26-23-20-17-14-11-8-3/h23,26,29,36,75-78,83H,6-22,24-25,27-28,30-35,37-74H2,1-5H3,(H,88,89)(H,90,91)/b26-23-,36-29-/t76-,77-,78-/m1/s1. The van der Waals surface area contributed by atoms with Gasteiger partial charge in [0.2, 0.25) is 0 Å². The zero-order chi connectivity index (χ0) is 74.1. The van der Waals surface area contributed by atoms with Gasteiger partial charge in [-0.05, 0) is 57.3 Å². The Morgan fingerprint density at radius 1 is 0.307 bits per heavy atom. The van der Waals surface area contributed by atoms with Crippen LogP contribution in [-0.2, 0) is 65.4 Å². The largest absolute Gasteiger partial charge is 0.472 e. The molecule has 0 fully saturated rings. The molecule has 101 heavy (non-hydrogen) atoms. The van der Waals surface area contributed by atoms with Crippen LogP contribution in [0.4, 0.5) is 0 Å². The first-order chi connectivity index (χ1) is 49.0. The van der Waals surface area contributed by atoms with E-state index in [1.165, 1.54) is 218 Å². The minimum Gasteiger partial charge on any atom is -0.462 e. The highest BCUT2D eigenvalue weighted by Gasteiger charge is 2.30. The van der Waals surface area contributed by atoms with Crippen LogP contribution in [0.1, 0.15) is 413 Å². The normalized spacial score (nSPS) is 14.0. The van der Waals surface area contributed by atoms with Crippen LogP contribution in [0.25, 0.3) is 0 Å². The van der Waals surface area contributed by atoms with Crippen molar-refractivity contribution in [1.29, 1.82) is 0 Å². The average Bonchev–Trinajstić information content (AvgIpc) is 0.987. The summed E-state index contributed by atoms with van der Waals surface area (Å²) >= 11 is 0. The van der Waals surface area contributed by atoms with Crippen molar-refractivity contribution in [1.82, 2.24) is 0 Å². The molecule has 0 saturated carbocycles. The van der Waals surface area contributed by atoms with E-state index in [1.807, 2.05) is 0 Å². The molecule has 17 nitrogen and oxygen atoms in total. The van der Waals surface area contributed by atoms with Gasteiger partial charge in [0.15, 0.2) is 12.2 Å². The predicted octanol–water partition coefficient (Wildman–Crippen LogP) is 24.4. The molecule has 0 aromatic heterocycles. The monoisotopic (exact) mass is 1480 g/mol. The number of phosphoric acid groups is 2. The summed E-state index contributed by atoms with van der Waals surface area (Å²) in [6.07, 6.45) is 68.9. The van der Waals surface area contributed by atoms with Crippen LogP contribution in [-0.4, -0.2) is 96.7 Å². The number of carbonyl (C=O) groups is 4. The van der Waals surface area contributed by atoms with Crippen LogP contribution in [0, 0.1) is 5.92 Å². The van der Waals surface area contributed by atoms with Crippen molar-refractivity contribution in [2.24, 2.45) is 5.92 Å². The molecule has 19 heteroatoms. The molecule has 2 unspecified atom stereocenters. The molecular weight excluding hydrogens is 1320 g/mol. The Labute approximate surface area is 618 Å². The number of allylic oxidation sites excluding steroid dienone is 4. The van der Waals surface area contributed by atoms with Crippen LogP contribution in [0.2, 0.25) is 0 Å². The molecule has 3 N–H and O–H groups in total. The summed E-state index contributed by atoms with van der Waals surface area (Å²) in [6.45, 7) is 7.21. The number of hydrogen-bond donors (Lipinski definition) is 3. The molecular formula is C82H156O17P2. The fourth-order valence-corrected chi connectivity index (χ4v) is 13.8. The second-order valence-electron chi connectivity index (χ2n) is 29.3. The Bertz CT molecular complexity index is 2020. The third-order valence-electron chi connectivity index (χ3n) is 18.7. The predicted molar refractivity (Wildman–Crippen MR) is 414 cm³/mol. The lowest BCUT2D eigenvalue weighted by Gasteiger charge is -2.21. The van der Waals surface area contributed by atoms with Crippen molar-refractivity contribution in [2.75, 3.05) is 39.6 Å². The van der Waals surface area contributed by atoms with Gasteiger partial charge in [0.05, 0.1) is 26.4 Å². The van der Waals surface area contributed by atoms with E-state index in [-0.39, 0.29) is 25.7 Å². The maximum Gasteiger partial charge on any atom is 0.472 e. The lowest BCUT2D eigenvalue weighted by atomic mass is 10.0. The van der Waals surface area contributed by atoms with Crippen molar-refractivity contribution >= 4 is 39.5 Å². The highest BCUT2D eigenvalue weighted by molar-refractivity contribution is 7.47. The molecule has 0 radical (unpaired) electrons. The van der Waals surface area contributed by atoms with E-state index in [2.05, 4.69) is 58.9 Å². The number of hydrogen-bond acceptors (Lipinski definition) is 15. The number of aliphatic hydroxyl groups is 1. The Kier molecular flexibility index (Phi) is 72.6. The summed E-state index contributed by atoms with van der Waals surface area (Å²) in [6, 6.07) is 0. The van der Waals surface area contributed by atoms with Gasteiger partial charge < -0.3 is 33.8 Å². The van der Waals surface area contributed by atoms with E-state index in [0.29, 0.717) is 31.6 Å². The molecule has 0 saturated heterocycles. The zero-order valence-corrected chi connectivity index (χ0v) is 67.3. The highest BCUT2D eigenvalue weighted by Crippen LogP contribution is 2.45. The van der Waals surface area contributed by atoms with Gasteiger partial charge >= 0.3 is 39.5 Å². The molecule has 0 aromatic rings. The third-order valence-corrected chi connectivity index (χ3v) is 20.6. The minimum absolute atomic E-state index is 0.0847. The van der Waals surface area contributed by atoms with Gasteiger partial charge in [0.25, 0.3) is 0 Å². The number of esters is 4. The summed E-state index contributed by atoms with van der Waals surface area (Å²) in [5.41, 5.74) is 0. The zero-order valence-electron chi connectivity index (χ0n) is 65.5. The Balaban J connectivity index is 5.27. The van der Waals surface area contributed by atoms with Gasteiger partial charge in [-0.15, -0.1) is 0 Å². The minimum atomic E-state index is -4.97. The highest BCUT2D eigenvalue weighted by atomic mass is 31.2. The van der Waals surface area contributed by atoms with E-state index in [1.54, 1.807) is 0 Å². The maximum atomic E-state index is 13.1. The molecule has 0 aliphatic heterocycles. The van der Waals surface area contributed by atoms with Gasteiger partial charge in [0.1, 0.15) is 19.3 Å². The van der Waals surface area contributed by atoms with Crippen LogP contribution in [0.5, 0.6) is 0 Å². The van der Waals surface area contributed by atoms with Gasteiger partial charge in [-0.25, -0.2) is 9.13 Å². The number of aliphatic hydroxyl groups excluding tert-OH is 1. The SMILES string of the molecule is CCCCCC/C=C\C=C/CCCCCCCC(=O)O[C@H](COC(=O)CCCCCCCCCC(C)C)COP(=O)(O)OC[C@H](O)COP(=O)(O)OC[C@@H](COC(=O)CCCCCCCCCCCCCCCCCCC)OC(=O)CCCCCCCCCCCCCCCCCCCCC. The fourth-order valence-electron chi connectivity index (χ4n) is 12.2. The fraction of sp³-hybridized carbons (Fsp3) is 0.902. The summed E-state index contributed by atoms with van der Waals surface area (Å²) in [5.74, 6) is -1.44. The molecule has 596 valence electrons.